The first-order valence-electron chi connectivity index (χ1n) is 6.70. The number of aromatic nitrogens is 1. The van der Waals surface area contributed by atoms with E-state index in [1.807, 2.05) is 6.92 Å². The van der Waals surface area contributed by atoms with Crippen LogP contribution in [0.1, 0.15) is 29.9 Å². The molecule has 1 aliphatic heterocycles. The minimum atomic E-state index is -0.888. The van der Waals surface area contributed by atoms with E-state index in [1.54, 1.807) is 12.1 Å². The lowest BCUT2D eigenvalue weighted by atomic mass is 10.1. The quantitative estimate of drug-likeness (QED) is 0.895. The Hall–Kier alpha value is -1.62. The minimum Gasteiger partial charge on any atom is -0.478 e. The van der Waals surface area contributed by atoms with Gasteiger partial charge in [-0.1, -0.05) is 6.92 Å². The van der Waals surface area contributed by atoms with E-state index in [4.69, 9.17) is 5.11 Å². The third-order valence-corrected chi connectivity index (χ3v) is 3.76. The summed E-state index contributed by atoms with van der Waals surface area (Å²) in [6, 6.07) is 3.79. The molecule has 0 aliphatic carbocycles. The van der Waals surface area contributed by atoms with Crippen LogP contribution in [0.15, 0.2) is 12.1 Å². The van der Waals surface area contributed by atoms with Gasteiger partial charge in [-0.2, -0.15) is 0 Å². The maximum atomic E-state index is 11.2. The van der Waals surface area contributed by atoms with E-state index in [2.05, 4.69) is 28.8 Å². The van der Waals surface area contributed by atoms with Gasteiger partial charge < -0.3 is 14.9 Å². The van der Waals surface area contributed by atoms with Gasteiger partial charge in [0.05, 0.1) is 5.56 Å². The zero-order valence-corrected chi connectivity index (χ0v) is 11.8. The van der Waals surface area contributed by atoms with Gasteiger partial charge in [-0.25, -0.2) is 9.78 Å². The minimum absolute atomic E-state index is 0.327. The summed E-state index contributed by atoms with van der Waals surface area (Å²) in [7, 11) is 2.11. The fourth-order valence-corrected chi connectivity index (χ4v) is 2.30. The molecule has 1 aromatic rings. The summed E-state index contributed by atoms with van der Waals surface area (Å²) in [5, 5.41) is 9.17. The summed E-state index contributed by atoms with van der Waals surface area (Å²) in [5.74, 6) is -0.0998. The normalized spacial score (nSPS) is 20.6. The Morgan fingerprint density at radius 1 is 1.47 bits per heavy atom. The molecule has 104 valence electrons. The lowest BCUT2D eigenvalue weighted by Gasteiger charge is -2.38. The second-order valence-corrected chi connectivity index (χ2v) is 5.14. The van der Waals surface area contributed by atoms with Crippen molar-refractivity contribution in [2.45, 2.75) is 26.3 Å². The van der Waals surface area contributed by atoms with Crippen LogP contribution in [0.5, 0.6) is 0 Å². The highest BCUT2D eigenvalue weighted by Crippen LogP contribution is 2.19. The van der Waals surface area contributed by atoms with Crippen LogP contribution >= 0.6 is 0 Å². The van der Waals surface area contributed by atoms with Gasteiger partial charge in [0.1, 0.15) is 5.82 Å². The van der Waals surface area contributed by atoms with Gasteiger partial charge in [-0.15, -0.1) is 0 Å². The maximum Gasteiger partial charge on any atom is 0.335 e. The largest absolute Gasteiger partial charge is 0.478 e. The van der Waals surface area contributed by atoms with Crippen LogP contribution in [0, 0.1) is 0 Å². The number of anilines is 1. The number of aryl methyl sites for hydroxylation is 1. The Morgan fingerprint density at radius 2 is 2.21 bits per heavy atom. The van der Waals surface area contributed by atoms with Crippen LogP contribution in [-0.4, -0.2) is 53.7 Å². The smallest absolute Gasteiger partial charge is 0.335 e. The molecule has 1 aromatic heterocycles. The molecule has 5 nitrogen and oxygen atoms in total. The summed E-state index contributed by atoms with van der Waals surface area (Å²) in [6.45, 7) is 6.91. The van der Waals surface area contributed by atoms with Crippen molar-refractivity contribution in [2.75, 3.05) is 31.6 Å². The van der Waals surface area contributed by atoms with Crippen LogP contribution in [0.4, 0.5) is 5.82 Å². The Balaban J connectivity index is 2.28. The summed E-state index contributed by atoms with van der Waals surface area (Å²) in [5.41, 5.74) is 1.16. The number of nitrogens with zero attached hydrogens (tertiary/aromatic N) is 3. The van der Waals surface area contributed by atoms with Gasteiger partial charge in [-0.05, 0) is 32.5 Å². The SMILES string of the molecule is CCc1cc(C(=O)O)cc(N2CCN(C)C(C)C2)n1. The van der Waals surface area contributed by atoms with E-state index in [0.717, 1.165) is 37.6 Å². The number of piperazine rings is 1. The van der Waals surface area contributed by atoms with Crippen molar-refractivity contribution >= 4 is 11.8 Å². The Kier molecular flexibility index (Phi) is 4.04. The van der Waals surface area contributed by atoms with Crippen molar-refractivity contribution in [3.05, 3.63) is 23.4 Å². The number of aromatic carboxylic acids is 1. The van der Waals surface area contributed by atoms with Crippen molar-refractivity contribution in [1.29, 1.82) is 0 Å². The topological polar surface area (TPSA) is 56.7 Å². The first-order valence-corrected chi connectivity index (χ1v) is 6.70. The van der Waals surface area contributed by atoms with Crippen LogP contribution in [0.2, 0.25) is 0 Å². The molecular formula is C14H21N3O2. The van der Waals surface area contributed by atoms with Gasteiger partial charge >= 0.3 is 5.97 Å². The molecule has 0 saturated carbocycles. The molecule has 1 atom stereocenters. The predicted octanol–water partition coefficient (Wildman–Crippen LogP) is 1.48. The molecule has 0 aromatic carbocycles. The van der Waals surface area contributed by atoms with E-state index < -0.39 is 5.97 Å². The van der Waals surface area contributed by atoms with Gasteiger partial charge in [0, 0.05) is 31.4 Å². The summed E-state index contributed by atoms with van der Waals surface area (Å²) in [4.78, 5) is 20.2. The standard InChI is InChI=1S/C14H21N3O2/c1-4-12-7-11(14(18)19)8-13(15-12)17-6-5-16(3)10(2)9-17/h7-8,10H,4-6,9H2,1-3H3,(H,18,19). The number of carboxylic acids is 1. The van der Waals surface area contributed by atoms with Gasteiger partial charge in [-0.3, -0.25) is 0 Å². The van der Waals surface area contributed by atoms with Gasteiger partial charge in [0.25, 0.3) is 0 Å². The first kappa shape index (κ1) is 13.8. The first-order chi connectivity index (χ1) is 9.01. The van der Waals surface area contributed by atoms with Crippen molar-refractivity contribution in [1.82, 2.24) is 9.88 Å². The van der Waals surface area contributed by atoms with Crippen LogP contribution in [-0.2, 0) is 6.42 Å². The molecule has 5 heteroatoms. The molecule has 19 heavy (non-hydrogen) atoms. The Labute approximate surface area is 113 Å². The summed E-state index contributed by atoms with van der Waals surface area (Å²) >= 11 is 0. The number of carboxylic acid groups (broad SMARTS) is 1. The third kappa shape index (κ3) is 3.04. The molecule has 0 amide bonds. The molecule has 1 unspecified atom stereocenters. The van der Waals surface area contributed by atoms with Crippen molar-refractivity contribution in [2.24, 2.45) is 0 Å². The predicted molar refractivity (Wildman–Crippen MR) is 74.9 cm³/mol. The number of pyridine rings is 1. The average molecular weight is 263 g/mol. The van der Waals surface area contributed by atoms with Crippen molar-refractivity contribution < 1.29 is 9.90 Å². The van der Waals surface area contributed by atoms with Crippen molar-refractivity contribution in [3.63, 3.8) is 0 Å². The molecule has 1 N–H and O–H groups in total. The molecule has 0 bridgehead atoms. The van der Waals surface area contributed by atoms with Gasteiger partial charge in [0.15, 0.2) is 0 Å². The van der Waals surface area contributed by atoms with E-state index in [9.17, 15) is 4.79 Å². The van der Waals surface area contributed by atoms with E-state index >= 15 is 0 Å². The van der Waals surface area contributed by atoms with Crippen LogP contribution < -0.4 is 4.90 Å². The summed E-state index contributed by atoms with van der Waals surface area (Å²) < 4.78 is 0. The molecule has 1 aliphatic rings. The number of carbonyl (C=O) groups is 1. The van der Waals surface area contributed by atoms with Crippen molar-refractivity contribution in [3.8, 4) is 0 Å². The molecule has 0 radical (unpaired) electrons. The van der Waals surface area contributed by atoms with Crippen LogP contribution in [0.3, 0.4) is 0 Å². The number of rotatable bonds is 3. The lowest BCUT2D eigenvalue weighted by Crippen LogP contribution is -2.50. The highest BCUT2D eigenvalue weighted by Gasteiger charge is 2.22. The molecule has 1 saturated heterocycles. The van der Waals surface area contributed by atoms with Gasteiger partial charge in [0.2, 0.25) is 0 Å². The fraction of sp³-hybridized carbons (Fsp3) is 0.571. The van der Waals surface area contributed by atoms with Crippen LogP contribution in [0.25, 0.3) is 0 Å². The number of hydrogen-bond acceptors (Lipinski definition) is 4. The second kappa shape index (κ2) is 5.57. The zero-order chi connectivity index (χ0) is 14.0. The van der Waals surface area contributed by atoms with E-state index in [1.165, 1.54) is 0 Å². The highest BCUT2D eigenvalue weighted by atomic mass is 16.4. The molecule has 2 rings (SSSR count). The molecule has 0 spiro atoms. The van der Waals surface area contributed by atoms with E-state index in [0.29, 0.717) is 11.6 Å². The molecule has 1 fully saturated rings. The second-order valence-electron chi connectivity index (χ2n) is 5.14. The Morgan fingerprint density at radius 3 is 2.79 bits per heavy atom. The zero-order valence-electron chi connectivity index (χ0n) is 11.8. The molecular weight excluding hydrogens is 242 g/mol. The monoisotopic (exact) mass is 263 g/mol. The molecule has 2 heterocycles. The number of likely N-dealkylation sites (N-methyl/N-ethyl adjacent to an activating group) is 1. The summed E-state index contributed by atoms with van der Waals surface area (Å²) in [6.07, 6.45) is 0.747. The average Bonchev–Trinajstić information content (AvgIpc) is 2.41. The number of hydrogen-bond donors (Lipinski definition) is 1. The fourth-order valence-electron chi connectivity index (χ4n) is 2.30. The maximum absolute atomic E-state index is 11.2. The third-order valence-electron chi connectivity index (χ3n) is 3.76. The Bertz CT molecular complexity index is 476. The highest BCUT2D eigenvalue weighted by molar-refractivity contribution is 5.88. The van der Waals surface area contributed by atoms with E-state index in [-0.39, 0.29) is 0 Å². The lowest BCUT2D eigenvalue weighted by molar-refractivity contribution is 0.0696.